The highest BCUT2D eigenvalue weighted by atomic mass is 35.5. The molecule has 0 atom stereocenters. The summed E-state index contributed by atoms with van der Waals surface area (Å²) in [7, 11) is 1.45. The number of fused-ring (bicyclic) bond motifs is 1. The van der Waals surface area contributed by atoms with Gasteiger partial charge in [-0.05, 0) is 17.7 Å². The van der Waals surface area contributed by atoms with E-state index in [1.165, 1.54) is 17.9 Å². The Morgan fingerprint density at radius 2 is 1.91 bits per heavy atom. The van der Waals surface area contributed by atoms with Gasteiger partial charge in [-0.1, -0.05) is 35.3 Å². The predicted molar refractivity (Wildman–Crippen MR) is 83.7 cm³/mol. The third-order valence-corrected chi connectivity index (χ3v) is 3.61. The predicted octanol–water partition coefficient (Wildman–Crippen LogP) is 2.55. The largest absolute Gasteiger partial charge is 0.467 e. The fourth-order valence-electron chi connectivity index (χ4n) is 2.03. The van der Waals surface area contributed by atoms with Gasteiger partial charge in [0, 0.05) is 5.02 Å². The van der Waals surface area contributed by atoms with Gasteiger partial charge < -0.3 is 4.74 Å². The van der Waals surface area contributed by atoms with Gasteiger partial charge in [0.1, 0.15) is 5.52 Å². The summed E-state index contributed by atoms with van der Waals surface area (Å²) in [4.78, 5) is 24.1. The van der Waals surface area contributed by atoms with Crippen LogP contribution in [0.3, 0.4) is 0 Å². The number of aromatic nitrogens is 4. The third-order valence-electron chi connectivity index (χ3n) is 3.09. The summed E-state index contributed by atoms with van der Waals surface area (Å²) in [6.07, 6.45) is 1.49. The van der Waals surface area contributed by atoms with E-state index in [0.29, 0.717) is 22.6 Å². The second-order valence-electron chi connectivity index (χ2n) is 4.49. The SMILES string of the molecule is COc1ncc2c(n1)c(Cl)nc(=O)n2Cc1ccc(Cl)cc1. The molecule has 3 rings (SSSR count). The Labute approximate surface area is 135 Å². The van der Waals surface area contributed by atoms with Crippen LogP contribution in [0.4, 0.5) is 0 Å². The van der Waals surface area contributed by atoms with Crippen molar-refractivity contribution in [2.75, 3.05) is 7.11 Å². The molecule has 0 bridgehead atoms. The van der Waals surface area contributed by atoms with E-state index < -0.39 is 5.69 Å². The van der Waals surface area contributed by atoms with Crippen LogP contribution in [0.1, 0.15) is 5.56 Å². The number of nitrogens with zero attached hydrogens (tertiary/aromatic N) is 4. The minimum atomic E-state index is -0.471. The Hall–Kier alpha value is -2.18. The summed E-state index contributed by atoms with van der Waals surface area (Å²) in [6, 6.07) is 7.34. The second kappa shape index (κ2) is 5.90. The fraction of sp³-hybridized carbons (Fsp3) is 0.143. The smallest absolute Gasteiger partial charge is 0.349 e. The minimum absolute atomic E-state index is 0.0213. The van der Waals surface area contributed by atoms with Crippen LogP contribution in [-0.4, -0.2) is 26.6 Å². The summed E-state index contributed by atoms with van der Waals surface area (Å²) >= 11 is 11.9. The van der Waals surface area contributed by atoms with Crippen LogP contribution < -0.4 is 10.4 Å². The van der Waals surface area contributed by atoms with Gasteiger partial charge in [-0.15, -0.1) is 0 Å². The zero-order chi connectivity index (χ0) is 15.7. The highest BCUT2D eigenvalue weighted by Gasteiger charge is 2.12. The molecule has 0 aliphatic rings. The van der Waals surface area contributed by atoms with Crippen molar-refractivity contribution in [3.8, 4) is 6.01 Å². The lowest BCUT2D eigenvalue weighted by atomic mass is 10.2. The molecule has 2 aromatic heterocycles. The maximum absolute atomic E-state index is 12.1. The lowest BCUT2D eigenvalue weighted by Gasteiger charge is -2.10. The van der Waals surface area contributed by atoms with Crippen molar-refractivity contribution in [2.45, 2.75) is 6.54 Å². The van der Waals surface area contributed by atoms with Gasteiger partial charge in [0.2, 0.25) is 0 Å². The summed E-state index contributed by atoms with van der Waals surface area (Å²) in [5.41, 5.74) is 1.27. The van der Waals surface area contributed by atoms with Crippen LogP contribution in [-0.2, 0) is 6.54 Å². The maximum Gasteiger partial charge on any atom is 0.349 e. The summed E-state index contributed by atoms with van der Waals surface area (Å²) in [6.45, 7) is 0.312. The lowest BCUT2D eigenvalue weighted by Crippen LogP contribution is -2.24. The Balaban J connectivity index is 2.16. The molecule has 0 N–H and O–H groups in total. The summed E-state index contributed by atoms with van der Waals surface area (Å²) < 4.78 is 6.42. The van der Waals surface area contributed by atoms with Gasteiger partial charge in [-0.3, -0.25) is 4.57 Å². The highest BCUT2D eigenvalue weighted by molar-refractivity contribution is 6.33. The van der Waals surface area contributed by atoms with E-state index in [0.717, 1.165) is 5.56 Å². The van der Waals surface area contributed by atoms with Crippen molar-refractivity contribution in [1.82, 2.24) is 19.5 Å². The van der Waals surface area contributed by atoms with Crippen molar-refractivity contribution in [3.05, 3.63) is 56.7 Å². The number of methoxy groups -OCH3 is 1. The van der Waals surface area contributed by atoms with Crippen molar-refractivity contribution in [3.63, 3.8) is 0 Å². The van der Waals surface area contributed by atoms with Crippen molar-refractivity contribution < 1.29 is 4.74 Å². The number of benzene rings is 1. The number of ether oxygens (including phenoxy) is 1. The first-order valence-corrected chi connectivity index (χ1v) is 7.05. The van der Waals surface area contributed by atoms with Gasteiger partial charge in [-0.25, -0.2) is 9.78 Å². The van der Waals surface area contributed by atoms with Crippen LogP contribution in [0.2, 0.25) is 10.2 Å². The molecule has 0 fully saturated rings. The Kier molecular flexibility index (Phi) is 3.96. The van der Waals surface area contributed by atoms with E-state index in [9.17, 15) is 4.79 Å². The van der Waals surface area contributed by atoms with E-state index >= 15 is 0 Å². The lowest BCUT2D eigenvalue weighted by molar-refractivity contribution is 0.381. The van der Waals surface area contributed by atoms with Crippen LogP contribution in [0.5, 0.6) is 6.01 Å². The molecule has 0 aliphatic carbocycles. The number of hydrogen-bond donors (Lipinski definition) is 0. The Bertz CT molecular complexity index is 894. The van der Waals surface area contributed by atoms with E-state index in [1.54, 1.807) is 12.1 Å². The van der Waals surface area contributed by atoms with Crippen molar-refractivity contribution in [2.24, 2.45) is 0 Å². The molecule has 2 heterocycles. The van der Waals surface area contributed by atoms with E-state index in [4.69, 9.17) is 27.9 Å². The summed E-state index contributed by atoms with van der Waals surface area (Å²) in [5.74, 6) is 0. The Morgan fingerprint density at radius 3 is 2.59 bits per heavy atom. The molecule has 22 heavy (non-hydrogen) atoms. The molecule has 0 amide bonds. The van der Waals surface area contributed by atoms with Crippen molar-refractivity contribution >= 4 is 34.2 Å². The van der Waals surface area contributed by atoms with Crippen LogP contribution in [0.25, 0.3) is 11.0 Å². The molecule has 0 radical (unpaired) electrons. The minimum Gasteiger partial charge on any atom is -0.467 e. The van der Waals surface area contributed by atoms with E-state index in [1.807, 2.05) is 12.1 Å². The van der Waals surface area contributed by atoms with E-state index in [-0.39, 0.29) is 11.2 Å². The molecule has 6 nitrogen and oxygen atoms in total. The average molecular weight is 337 g/mol. The zero-order valence-corrected chi connectivity index (χ0v) is 13.0. The van der Waals surface area contributed by atoms with Gasteiger partial charge >= 0.3 is 11.7 Å². The average Bonchev–Trinajstić information content (AvgIpc) is 2.52. The monoisotopic (exact) mass is 336 g/mol. The van der Waals surface area contributed by atoms with Crippen LogP contribution >= 0.6 is 23.2 Å². The molecule has 0 unspecified atom stereocenters. The first-order valence-electron chi connectivity index (χ1n) is 6.30. The topological polar surface area (TPSA) is 69.9 Å². The molecule has 8 heteroatoms. The molecular formula is C14H10Cl2N4O2. The highest BCUT2D eigenvalue weighted by Crippen LogP contribution is 2.20. The molecule has 1 aromatic carbocycles. The Morgan fingerprint density at radius 1 is 1.18 bits per heavy atom. The number of halogens is 2. The molecule has 0 aliphatic heterocycles. The standard InChI is InChI=1S/C14H10Cl2N4O2/c1-22-13-17-6-10-11(18-13)12(16)19-14(21)20(10)7-8-2-4-9(15)5-3-8/h2-6H,7H2,1H3. The van der Waals surface area contributed by atoms with E-state index in [2.05, 4.69) is 15.0 Å². The van der Waals surface area contributed by atoms with Gasteiger partial charge in [0.15, 0.2) is 5.15 Å². The van der Waals surface area contributed by atoms with Crippen LogP contribution in [0, 0.1) is 0 Å². The van der Waals surface area contributed by atoms with Gasteiger partial charge in [-0.2, -0.15) is 9.97 Å². The van der Waals surface area contributed by atoms with Gasteiger partial charge in [0.25, 0.3) is 0 Å². The molecule has 3 aromatic rings. The zero-order valence-electron chi connectivity index (χ0n) is 11.5. The second-order valence-corrected chi connectivity index (χ2v) is 5.28. The first kappa shape index (κ1) is 14.7. The quantitative estimate of drug-likeness (QED) is 0.687. The molecule has 112 valence electrons. The molecule has 0 saturated carbocycles. The maximum atomic E-state index is 12.1. The fourth-order valence-corrected chi connectivity index (χ4v) is 2.37. The van der Waals surface area contributed by atoms with Crippen molar-refractivity contribution in [1.29, 1.82) is 0 Å². The molecule has 0 spiro atoms. The first-order chi connectivity index (χ1) is 10.6. The normalized spacial score (nSPS) is 10.9. The molecule has 0 saturated heterocycles. The number of hydrogen-bond acceptors (Lipinski definition) is 5. The van der Waals surface area contributed by atoms with Crippen LogP contribution in [0.15, 0.2) is 35.3 Å². The number of rotatable bonds is 3. The molecular weight excluding hydrogens is 327 g/mol. The summed E-state index contributed by atoms with van der Waals surface area (Å²) in [5, 5.41) is 0.649. The van der Waals surface area contributed by atoms with Gasteiger partial charge in [0.05, 0.1) is 25.4 Å². The third kappa shape index (κ3) is 2.75.